The number of likely N-dealkylation sites (N-methyl/N-ethyl adjacent to an activating group) is 1. The van der Waals surface area contributed by atoms with Crippen LogP contribution in [0.25, 0.3) is 0 Å². The van der Waals surface area contributed by atoms with Crippen LogP contribution in [0.2, 0.25) is 0 Å². The van der Waals surface area contributed by atoms with Crippen LogP contribution in [0.15, 0.2) is 17.5 Å². The number of hydrogen-bond acceptors (Lipinski definition) is 3. The Balaban J connectivity index is 2.25. The largest absolute Gasteiger partial charge is 0.348 e. The molecular weight excluding hydrogens is 208 g/mol. The smallest absolute Gasteiger partial charge is 0.236 e. The van der Waals surface area contributed by atoms with Crippen LogP contribution >= 0.6 is 11.3 Å². The Morgan fingerprint density at radius 1 is 1.60 bits per heavy atom. The molecule has 1 amide bonds. The molecule has 1 unspecified atom stereocenters. The molecule has 1 rings (SSSR count). The average Bonchev–Trinajstić information content (AvgIpc) is 2.66. The van der Waals surface area contributed by atoms with Crippen molar-refractivity contribution in [1.29, 1.82) is 0 Å². The molecule has 1 aromatic rings. The third kappa shape index (κ3) is 4.44. The van der Waals surface area contributed by atoms with E-state index in [1.807, 2.05) is 0 Å². The summed E-state index contributed by atoms with van der Waals surface area (Å²) in [6, 6.07) is 4.52. The van der Waals surface area contributed by atoms with Gasteiger partial charge in [0, 0.05) is 25.0 Å². The molecule has 84 valence electrons. The van der Waals surface area contributed by atoms with E-state index in [-0.39, 0.29) is 5.91 Å². The van der Waals surface area contributed by atoms with E-state index in [9.17, 15) is 4.79 Å². The maximum atomic E-state index is 11.3. The summed E-state index contributed by atoms with van der Waals surface area (Å²) in [6.07, 6.45) is 0.984. The number of nitrogens with one attached hydrogen (secondary N) is 1. The average molecular weight is 226 g/mol. The number of carbonyl (C=O) groups is 1. The topological polar surface area (TPSA) is 32.3 Å². The standard InChI is InChI=1S/C11H18N2OS/c1-9(7-10-5-4-6-15-10)12-8-11(14)13(2)3/h4-6,9,12H,7-8H2,1-3H3. The normalized spacial score (nSPS) is 12.5. The van der Waals surface area contributed by atoms with Crippen molar-refractivity contribution in [2.24, 2.45) is 0 Å². The van der Waals surface area contributed by atoms with E-state index in [1.165, 1.54) is 4.88 Å². The molecule has 3 nitrogen and oxygen atoms in total. The number of rotatable bonds is 5. The Labute approximate surface area is 95.1 Å². The van der Waals surface area contributed by atoms with Crippen molar-refractivity contribution in [3.8, 4) is 0 Å². The minimum Gasteiger partial charge on any atom is -0.348 e. The van der Waals surface area contributed by atoms with Crippen LogP contribution in [0, 0.1) is 0 Å². The molecule has 4 heteroatoms. The van der Waals surface area contributed by atoms with Crippen LogP contribution < -0.4 is 5.32 Å². The minimum absolute atomic E-state index is 0.119. The molecule has 0 bridgehead atoms. The van der Waals surface area contributed by atoms with Crippen LogP contribution in [0.5, 0.6) is 0 Å². The van der Waals surface area contributed by atoms with Crippen molar-refractivity contribution in [2.45, 2.75) is 19.4 Å². The lowest BCUT2D eigenvalue weighted by molar-refractivity contribution is -0.127. The summed E-state index contributed by atoms with van der Waals surface area (Å²) in [5, 5.41) is 5.29. The van der Waals surface area contributed by atoms with Gasteiger partial charge in [-0.15, -0.1) is 11.3 Å². The van der Waals surface area contributed by atoms with Gasteiger partial charge >= 0.3 is 0 Å². The van der Waals surface area contributed by atoms with Gasteiger partial charge < -0.3 is 10.2 Å². The third-order valence-corrected chi connectivity index (χ3v) is 3.09. The molecule has 0 aliphatic rings. The van der Waals surface area contributed by atoms with Gasteiger partial charge in [0.05, 0.1) is 6.54 Å². The molecule has 1 heterocycles. The Kier molecular flexibility index (Phi) is 4.78. The molecular formula is C11H18N2OS. The molecule has 1 atom stereocenters. The van der Waals surface area contributed by atoms with Crippen molar-refractivity contribution < 1.29 is 4.79 Å². The van der Waals surface area contributed by atoms with Crippen molar-refractivity contribution in [2.75, 3.05) is 20.6 Å². The van der Waals surface area contributed by atoms with Crippen molar-refractivity contribution in [1.82, 2.24) is 10.2 Å². The van der Waals surface area contributed by atoms with Crippen molar-refractivity contribution in [3.63, 3.8) is 0 Å². The van der Waals surface area contributed by atoms with Gasteiger partial charge in [0.1, 0.15) is 0 Å². The van der Waals surface area contributed by atoms with Crippen LogP contribution in [-0.2, 0) is 11.2 Å². The summed E-state index contributed by atoms with van der Waals surface area (Å²) in [5.41, 5.74) is 0. The van der Waals surface area contributed by atoms with Gasteiger partial charge in [-0.25, -0.2) is 0 Å². The van der Waals surface area contributed by atoms with Gasteiger partial charge in [0.15, 0.2) is 0 Å². The summed E-state index contributed by atoms with van der Waals surface area (Å²) >= 11 is 1.76. The van der Waals surface area contributed by atoms with Crippen LogP contribution in [-0.4, -0.2) is 37.5 Å². The second kappa shape index (κ2) is 5.88. The van der Waals surface area contributed by atoms with Gasteiger partial charge in [0.25, 0.3) is 0 Å². The lowest BCUT2D eigenvalue weighted by Crippen LogP contribution is -2.38. The van der Waals surface area contributed by atoms with E-state index >= 15 is 0 Å². The fourth-order valence-corrected chi connectivity index (χ4v) is 2.06. The molecule has 0 aliphatic heterocycles. The first-order valence-corrected chi connectivity index (χ1v) is 5.93. The van der Waals surface area contributed by atoms with E-state index in [1.54, 1.807) is 30.3 Å². The summed E-state index contributed by atoms with van der Waals surface area (Å²) in [7, 11) is 3.54. The molecule has 0 radical (unpaired) electrons. The zero-order valence-corrected chi connectivity index (χ0v) is 10.3. The number of hydrogen-bond donors (Lipinski definition) is 1. The van der Waals surface area contributed by atoms with Crippen molar-refractivity contribution >= 4 is 17.2 Å². The van der Waals surface area contributed by atoms with Gasteiger partial charge in [-0.1, -0.05) is 6.07 Å². The molecule has 0 saturated heterocycles. The first kappa shape index (κ1) is 12.2. The zero-order valence-electron chi connectivity index (χ0n) is 9.49. The summed E-state index contributed by atoms with van der Waals surface area (Å²) in [5.74, 6) is 0.119. The van der Waals surface area contributed by atoms with E-state index in [0.29, 0.717) is 12.6 Å². The highest BCUT2D eigenvalue weighted by molar-refractivity contribution is 7.09. The Hall–Kier alpha value is -0.870. The maximum Gasteiger partial charge on any atom is 0.236 e. The number of amides is 1. The molecule has 0 saturated carbocycles. The maximum absolute atomic E-state index is 11.3. The predicted molar refractivity (Wildman–Crippen MR) is 64.2 cm³/mol. The molecule has 15 heavy (non-hydrogen) atoms. The lowest BCUT2D eigenvalue weighted by Gasteiger charge is -2.15. The van der Waals surface area contributed by atoms with E-state index < -0.39 is 0 Å². The molecule has 1 N–H and O–H groups in total. The summed E-state index contributed by atoms with van der Waals surface area (Å²) < 4.78 is 0. The van der Waals surface area contributed by atoms with Crippen molar-refractivity contribution in [3.05, 3.63) is 22.4 Å². The Morgan fingerprint density at radius 3 is 2.87 bits per heavy atom. The van der Waals surface area contributed by atoms with Gasteiger partial charge in [-0.3, -0.25) is 4.79 Å². The first-order valence-electron chi connectivity index (χ1n) is 5.05. The molecule has 0 spiro atoms. The highest BCUT2D eigenvalue weighted by atomic mass is 32.1. The van der Waals surface area contributed by atoms with E-state index in [4.69, 9.17) is 0 Å². The second-order valence-corrected chi connectivity index (χ2v) is 4.89. The van der Waals surface area contributed by atoms with Crippen LogP contribution in [0.4, 0.5) is 0 Å². The molecule has 1 aromatic heterocycles. The highest BCUT2D eigenvalue weighted by Gasteiger charge is 2.07. The Bertz CT molecular complexity index is 296. The monoisotopic (exact) mass is 226 g/mol. The Morgan fingerprint density at radius 2 is 2.33 bits per heavy atom. The summed E-state index contributed by atoms with van der Waals surface area (Å²) in [6.45, 7) is 2.52. The first-order chi connectivity index (χ1) is 7.09. The fraction of sp³-hybridized carbons (Fsp3) is 0.545. The number of carbonyl (C=O) groups excluding carboxylic acids is 1. The van der Waals surface area contributed by atoms with Gasteiger partial charge in [0.2, 0.25) is 5.91 Å². The quantitative estimate of drug-likeness (QED) is 0.822. The number of thiophene rings is 1. The molecule has 0 fully saturated rings. The second-order valence-electron chi connectivity index (χ2n) is 3.85. The van der Waals surface area contributed by atoms with E-state index in [0.717, 1.165) is 6.42 Å². The number of nitrogens with zero attached hydrogens (tertiary/aromatic N) is 1. The predicted octanol–water partition coefficient (Wildman–Crippen LogP) is 1.36. The SMILES string of the molecule is CC(Cc1cccs1)NCC(=O)N(C)C. The molecule has 0 aromatic carbocycles. The summed E-state index contributed by atoms with van der Waals surface area (Å²) in [4.78, 5) is 14.3. The highest BCUT2D eigenvalue weighted by Crippen LogP contribution is 2.10. The van der Waals surface area contributed by atoms with Crippen LogP contribution in [0.1, 0.15) is 11.8 Å². The van der Waals surface area contributed by atoms with E-state index in [2.05, 4.69) is 29.8 Å². The fourth-order valence-electron chi connectivity index (χ4n) is 1.22. The van der Waals surface area contributed by atoms with Crippen LogP contribution in [0.3, 0.4) is 0 Å². The minimum atomic E-state index is 0.119. The molecule has 0 aliphatic carbocycles. The van der Waals surface area contributed by atoms with Gasteiger partial charge in [-0.2, -0.15) is 0 Å². The lowest BCUT2D eigenvalue weighted by atomic mass is 10.2. The van der Waals surface area contributed by atoms with Gasteiger partial charge in [-0.05, 0) is 24.8 Å². The zero-order chi connectivity index (χ0) is 11.3. The third-order valence-electron chi connectivity index (χ3n) is 2.19.